The summed E-state index contributed by atoms with van der Waals surface area (Å²) >= 11 is 0. The van der Waals surface area contributed by atoms with E-state index in [-0.39, 0.29) is 0 Å². The van der Waals surface area contributed by atoms with Crippen molar-refractivity contribution in [1.82, 2.24) is 0 Å². The summed E-state index contributed by atoms with van der Waals surface area (Å²) in [5.74, 6) is 0.598. The highest BCUT2D eigenvalue weighted by molar-refractivity contribution is 6.14. The van der Waals surface area contributed by atoms with Crippen LogP contribution in [0.4, 0.5) is 0 Å². The minimum atomic E-state index is 0.598. The van der Waals surface area contributed by atoms with Crippen LogP contribution in [-0.2, 0) is 0 Å². The highest BCUT2D eigenvalue weighted by Crippen LogP contribution is 2.11. The smallest absolute Gasteiger partial charge is 0.119 e. The zero-order valence-electron chi connectivity index (χ0n) is 5.41. The fourth-order valence-electron chi connectivity index (χ4n) is 1.01. The van der Waals surface area contributed by atoms with Crippen molar-refractivity contribution >= 4 is 11.5 Å². The lowest BCUT2D eigenvalue weighted by Gasteiger charge is -2.05. The van der Waals surface area contributed by atoms with Crippen LogP contribution in [0.25, 0.3) is 0 Å². The van der Waals surface area contributed by atoms with E-state index >= 15 is 0 Å². The van der Waals surface area contributed by atoms with Crippen LogP contribution in [0.1, 0.15) is 0 Å². The zero-order chi connectivity index (χ0) is 6.97. The molecule has 3 nitrogen and oxygen atoms in total. The van der Waals surface area contributed by atoms with E-state index in [0.717, 1.165) is 11.3 Å². The van der Waals surface area contributed by atoms with Crippen LogP contribution in [0.5, 0.6) is 0 Å². The van der Waals surface area contributed by atoms with E-state index < -0.39 is 0 Å². The molecule has 0 saturated carbocycles. The first-order chi connectivity index (χ1) is 4.86. The van der Waals surface area contributed by atoms with Crippen molar-refractivity contribution < 1.29 is 0 Å². The summed E-state index contributed by atoms with van der Waals surface area (Å²) in [5, 5.41) is 0. The van der Waals surface area contributed by atoms with Gasteiger partial charge in [-0.25, -0.2) is 0 Å². The van der Waals surface area contributed by atoms with E-state index in [2.05, 4.69) is 9.98 Å². The Labute approximate surface area is 58.7 Å². The molecule has 0 aromatic carbocycles. The molecule has 0 aromatic heterocycles. The summed E-state index contributed by atoms with van der Waals surface area (Å²) in [4.78, 5) is 8.12. The van der Waals surface area contributed by atoms with Gasteiger partial charge in [-0.1, -0.05) is 0 Å². The van der Waals surface area contributed by atoms with Gasteiger partial charge in [0.2, 0.25) is 0 Å². The summed E-state index contributed by atoms with van der Waals surface area (Å²) in [6.45, 7) is 0.630. The lowest BCUT2D eigenvalue weighted by atomic mass is 10.1. The first-order valence-corrected chi connectivity index (χ1v) is 3.11. The molecule has 0 aliphatic carbocycles. The van der Waals surface area contributed by atoms with E-state index in [1.165, 1.54) is 0 Å². The SMILES string of the molecule is NC1=NCC2=NC=CC2=C1. The molecule has 10 heavy (non-hydrogen) atoms. The lowest BCUT2D eigenvalue weighted by Crippen LogP contribution is -2.18. The Kier molecular flexibility index (Phi) is 0.974. The van der Waals surface area contributed by atoms with Gasteiger partial charge in [-0.3, -0.25) is 9.98 Å². The number of aliphatic imine (C=N–C) groups is 2. The predicted molar refractivity (Wildman–Crippen MR) is 41.1 cm³/mol. The van der Waals surface area contributed by atoms with Gasteiger partial charge in [0, 0.05) is 11.8 Å². The molecule has 2 rings (SSSR count). The fourth-order valence-corrected chi connectivity index (χ4v) is 1.01. The van der Waals surface area contributed by atoms with Crippen LogP contribution in [0.2, 0.25) is 0 Å². The second-order valence-electron chi connectivity index (χ2n) is 2.23. The quantitative estimate of drug-likeness (QED) is 0.506. The molecule has 3 heteroatoms. The molecule has 2 N–H and O–H groups in total. The maximum atomic E-state index is 5.48. The molecule has 0 aromatic rings. The first kappa shape index (κ1) is 5.41. The van der Waals surface area contributed by atoms with Crippen LogP contribution in [-0.4, -0.2) is 18.1 Å². The van der Waals surface area contributed by atoms with Gasteiger partial charge >= 0.3 is 0 Å². The van der Waals surface area contributed by atoms with Crippen molar-refractivity contribution in [2.45, 2.75) is 0 Å². The number of amidine groups is 1. The standard InChI is InChI=1S/C7H7N3/c8-7-3-5-1-2-9-6(5)4-10-7/h1-3H,4H2,(H2,8,10). The molecule has 2 aliphatic rings. The van der Waals surface area contributed by atoms with Crippen molar-refractivity contribution in [2.75, 3.05) is 6.54 Å². The summed E-state index contributed by atoms with van der Waals surface area (Å²) in [6, 6.07) is 0. The zero-order valence-corrected chi connectivity index (χ0v) is 5.41. The minimum Gasteiger partial charge on any atom is -0.384 e. The molecule has 50 valence electrons. The molecule has 2 heterocycles. The van der Waals surface area contributed by atoms with Crippen molar-refractivity contribution in [1.29, 1.82) is 0 Å². The van der Waals surface area contributed by atoms with Crippen LogP contribution < -0.4 is 5.73 Å². The summed E-state index contributed by atoms with van der Waals surface area (Å²) in [6.07, 6.45) is 5.55. The van der Waals surface area contributed by atoms with Crippen LogP contribution in [0, 0.1) is 0 Å². The van der Waals surface area contributed by atoms with E-state index in [1.54, 1.807) is 6.20 Å². The summed E-state index contributed by atoms with van der Waals surface area (Å²) < 4.78 is 0. The summed E-state index contributed by atoms with van der Waals surface area (Å²) in [5.41, 5.74) is 7.60. The second kappa shape index (κ2) is 1.80. The minimum absolute atomic E-state index is 0.598. The van der Waals surface area contributed by atoms with Gasteiger partial charge in [0.15, 0.2) is 0 Å². The number of dihydropyridines is 1. The molecule has 0 spiro atoms. The molecular weight excluding hydrogens is 126 g/mol. The third kappa shape index (κ3) is 0.673. The number of rotatable bonds is 0. The van der Waals surface area contributed by atoms with Crippen molar-refractivity contribution in [3.8, 4) is 0 Å². The van der Waals surface area contributed by atoms with E-state index in [1.807, 2.05) is 12.2 Å². The first-order valence-electron chi connectivity index (χ1n) is 3.11. The monoisotopic (exact) mass is 133 g/mol. The third-order valence-corrected chi connectivity index (χ3v) is 1.53. The van der Waals surface area contributed by atoms with Gasteiger partial charge in [-0.15, -0.1) is 0 Å². The Morgan fingerprint density at radius 2 is 2.40 bits per heavy atom. The largest absolute Gasteiger partial charge is 0.384 e. The van der Waals surface area contributed by atoms with Crippen molar-refractivity contribution in [2.24, 2.45) is 15.7 Å². The summed E-state index contributed by atoms with van der Waals surface area (Å²) in [7, 11) is 0. The van der Waals surface area contributed by atoms with Gasteiger partial charge in [-0.05, 0) is 12.2 Å². The highest BCUT2D eigenvalue weighted by Gasteiger charge is 2.11. The Hall–Kier alpha value is -1.38. The maximum Gasteiger partial charge on any atom is 0.119 e. The number of nitrogens with two attached hydrogens (primary N) is 1. The molecular formula is C7H7N3. The third-order valence-electron chi connectivity index (χ3n) is 1.53. The second-order valence-corrected chi connectivity index (χ2v) is 2.23. The van der Waals surface area contributed by atoms with E-state index in [9.17, 15) is 0 Å². The normalized spacial score (nSPS) is 21.4. The molecule has 0 atom stereocenters. The molecule has 0 saturated heterocycles. The Morgan fingerprint density at radius 3 is 3.30 bits per heavy atom. The number of hydrogen-bond donors (Lipinski definition) is 1. The number of nitrogens with zero attached hydrogens (tertiary/aromatic N) is 2. The van der Waals surface area contributed by atoms with Gasteiger partial charge in [0.05, 0.1) is 12.3 Å². The average molecular weight is 133 g/mol. The highest BCUT2D eigenvalue weighted by atomic mass is 14.9. The Bertz CT molecular complexity index is 281. The van der Waals surface area contributed by atoms with Crippen LogP contribution >= 0.6 is 0 Å². The van der Waals surface area contributed by atoms with Crippen LogP contribution in [0.15, 0.2) is 33.9 Å². The molecule has 0 unspecified atom stereocenters. The maximum absolute atomic E-state index is 5.48. The number of fused-ring (bicyclic) bond motifs is 1. The van der Waals surface area contributed by atoms with Crippen LogP contribution in [0.3, 0.4) is 0 Å². The molecule has 0 bridgehead atoms. The van der Waals surface area contributed by atoms with Gasteiger partial charge in [0.25, 0.3) is 0 Å². The predicted octanol–water partition coefficient (Wildman–Crippen LogP) is 0.252. The number of allylic oxidation sites excluding steroid dienone is 1. The Balaban J connectivity index is 2.43. The lowest BCUT2D eigenvalue weighted by molar-refractivity contribution is 1.26. The number of hydrogen-bond acceptors (Lipinski definition) is 3. The topological polar surface area (TPSA) is 50.7 Å². The van der Waals surface area contributed by atoms with Crippen molar-refractivity contribution in [3.05, 3.63) is 23.9 Å². The molecule has 0 fully saturated rings. The Morgan fingerprint density at radius 1 is 1.50 bits per heavy atom. The average Bonchev–Trinajstić information content (AvgIpc) is 2.33. The molecule has 0 radical (unpaired) electrons. The molecule has 2 aliphatic heterocycles. The fraction of sp³-hybridized carbons (Fsp3) is 0.143. The van der Waals surface area contributed by atoms with Gasteiger partial charge in [0.1, 0.15) is 5.84 Å². The van der Waals surface area contributed by atoms with E-state index in [4.69, 9.17) is 5.73 Å². The van der Waals surface area contributed by atoms with Crippen molar-refractivity contribution in [3.63, 3.8) is 0 Å². The van der Waals surface area contributed by atoms with Gasteiger partial charge < -0.3 is 5.73 Å². The molecule has 0 amide bonds. The van der Waals surface area contributed by atoms with Gasteiger partial charge in [-0.2, -0.15) is 0 Å². The van der Waals surface area contributed by atoms with E-state index in [0.29, 0.717) is 12.4 Å².